The van der Waals surface area contributed by atoms with Crippen LogP contribution in [0, 0.1) is 5.92 Å². The zero-order valence-corrected chi connectivity index (χ0v) is 18.6. The summed E-state index contributed by atoms with van der Waals surface area (Å²) in [5.41, 5.74) is 1.28. The van der Waals surface area contributed by atoms with E-state index in [9.17, 15) is 9.59 Å². The lowest BCUT2D eigenvalue weighted by molar-refractivity contribution is -0.130. The van der Waals surface area contributed by atoms with Crippen LogP contribution in [-0.2, 0) is 16.1 Å². The normalized spacial score (nSPS) is 21.3. The molecule has 30 heavy (non-hydrogen) atoms. The molecule has 1 aromatic heterocycles. The second-order valence-electron chi connectivity index (χ2n) is 8.89. The summed E-state index contributed by atoms with van der Waals surface area (Å²) in [6.07, 6.45) is 9.36. The Balaban J connectivity index is 1.37. The highest BCUT2D eigenvalue weighted by atomic mass is 16.2. The van der Waals surface area contributed by atoms with Crippen LogP contribution in [0.3, 0.4) is 0 Å². The van der Waals surface area contributed by atoms with Crippen LogP contribution >= 0.6 is 0 Å². The summed E-state index contributed by atoms with van der Waals surface area (Å²) in [5.74, 6) is 0.352. The average Bonchev–Trinajstić information content (AvgIpc) is 2.77. The van der Waals surface area contributed by atoms with Crippen LogP contribution in [0.1, 0.15) is 44.1 Å². The Kier molecular flexibility index (Phi) is 8.63. The number of aromatic nitrogens is 1. The third kappa shape index (κ3) is 6.77. The minimum Gasteiger partial charge on any atom is -0.356 e. The van der Waals surface area contributed by atoms with E-state index in [4.69, 9.17) is 0 Å². The first-order valence-corrected chi connectivity index (χ1v) is 11.4. The smallest absolute Gasteiger partial charge is 0.224 e. The standard InChI is InChI=1S/C23H37N5O2/c1-26(2)22(29)8-4-12-25-23(30)20-7-5-13-28(18-20)21-9-14-27(15-10-21)17-19-6-3-11-24-16-19/h3,6,11,16,20-21H,4-5,7-10,12-15,17-18H2,1-2H3,(H,25,30). The van der Waals surface area contributed by atoms with E-state index >= 15 is 0 Å². The third-order valence-corrected chi connectivity index (χ3v) is 6.39. The van der Waals surface area contributed by atoms with Crippen molar-refractivity contribution in [3.05, 3.63) is 30.1 Å². The monoisotopic (exact) mass is 415 g/mol. The molecule has 0 saturated carbocycles. The Labute approximate surface area is 180 Å². The highest BCUT2D eigenvalue weighted by Crippen LogP contribution is 2.24. The third-order valence-electron chi connectivity index (χ3n) is 6.39. The number of rotatable bonds is 8. The second kappa shape index (κ2) is 11.4. The number of hydrogen-bond acceptors (Lipinski definition) is 5. The summed E-state index contributed by atoms with van der Waals surface area (Å²) < 4.78 is 0. The molecule has 1 atom stereocenters. The summed E-state index contributed by atoms with van der Waals surface area (Å²) in [6.45, 7) is 5.74. The Bertz CT molecular complexity index is 673. The number of hydrogen-bond donors (Lipinski definition) is 1. The maximum atomic E-state index is 12.6. The van der Waals surface area contributed by atoms with Crippen LogP contribution in [0.25, 0.3) is 0 Å². The van der Waals surface area contributed by atoms with Crippen molar-refractivity contribution in [1.82, 2.24) is 25.0 Å². The molecule has 0 aliphatic carbocycles. The van der Waals surface area contributed by atoms with E-state index in [1.54, 1.807) is 19.0 Å². The number of amides is 2. The molecule has 0 spiro atoms. The molecule has 2 aliphatic heterocycles. The predicted octanol–water partition coefficient (Wildman–Crippen LogP) is 1.74. The van der Waals surface area contributed by atoms with Gasteiger partial charge in [0.05, 0.1) is 5.92 Å². The number of piperidine rings is 2. The van der Waals surface area contributed by atoms with Gasteiger partial charge in [0.2, 0.25) is 11.8 Å². The summed E-state index contributed by atoms with van der Waals surface area (Å²) >= 11 is 0. The molecule has 1 unspecified atom stereocenters. The summed E-state index contributed by atoms with van der Waals surface area (Å²) in [5, 5.41) is 3.05. The lowest BCUT2D eigenvalue weighted by Crippen LogP contribution is -2.50. The van der Waals surface area contributed by atoms with Crippen molar-refractivity contribution in [2.24, 2.45) is 5.92 Å². The van der Waals surface area contributed by atoms with Crippen molar-refractivity contribution in [2.75, 3.05) is 46.8 Å². The van der Waals surface area contributed by atoms with Crippen molar-refractivity contribution >= 4 is 11.8 Å². The number of likely N-dealkylation sites (tertiary alicyclic amines) is 2. The Morgan fingerprint density at radius 2 is 2.00 bits per heavy atom. The maximum Gasteiger partial charge on any atom is 0.224 e. The fraction of sp³-hybridized carbons (Fsp3) is 0.696. The molecular formula is C23H37N5O2. The lowest BCUT2D eigenvalue weighted by Gasteiger charge is -2.42. The first kappa shape index (κ1) is 22.7. The Hall–Kier alpha value is -1.99. The molecule has 2 amide bonds. The molecule has 7 nitrogen and oxygen atoms in total. The van der Waals surface area contributed by atoms with E-state index in [1.807, 2.05) is 18.5 Å². The van der Waals surface area contributed by atoms with Crippen LogP contribution in [0.4, 0.5) is 0 Å². The zero-order valence-electron chi connectivity index (χ0n) is 18.6. The first-order valence-electron chi connectivity index (χ1n) is 11.4. The van der Waals surface area contributed by atoms with Gasteiger partial charge in [0.1, 0.15) is 0 Å². The lowest BCUT2D eigenvalue weighted by atomic mass is 9.93. The number of nitrogens with zero attached hydrogens (tertiary/aromatic N) is 4. The second-order valence-corrected chi connectivity index (χ2v) is 8.89. The molecule has 2 fully saturated rings. The summed E-state index contributed by atoms with van der Waals surface area (Å²) in [6, 6.07) is 4.73. The van der Waals surface area contributed by atoms with E-state index in [0.29, 0.717) is 25.4 Å². The van der Waals surface area contributed by atoms with Crippen LogP contribution in [0.15, 0.2) is 24.5 Å². The number of carbonyl (C=O) groups excluding carboxylic acids is 2. The SMILES string of the molecule is CN(C)C(=O)CCCNC(=O)C1CCCN(C2CCN(Cc3cccnc3)CC2)C1. The van der Waals surface area contributed by atoms with Gasteiger partial charge in [0, 0.05) is 58.6 Å². The van der Waals surface area contributed by atoms with E-state index in [2.05, 4.69) is 26.2 Å². The molecule has 1 aromatic rings. The van der Waals surface area contributed by atoms with Crippen molar-refractivity contribution in [3.8, 4) is 0 Å². The zero-order chi connectivity index (χ0) is 21.3. The largest absolute Gasteiger partial charge is 0.356 e. The minimum absolute atomic E-state index is 0.0803. The molecule has 3 heterocycles. The molecule has 0 bridgehead atoms. The summed E-state index contributed by atoms with van der Waals surface area (Å²) in [4.78, 5) is 35.1. The van der Waals surface area contributed by atoms with Gasteiger partial charge in [-0.1, -0.05) is 6.07 Å². The van der Waals surface area contributed by atoms with Gasteiger partial charge in [-0.3, -0.25) is 24.4 Å². The molecule has 1 N–H and O–H groups in total. The number of pyridine rings is 1. The quantitative estimate of drug-likeness (QED) is 0.655. The average molecular weight is 416 g/mol. The van der Waals surface area contributed by atoms with E-state index in [1.165, 1.54) is 18.4 Å². The van der Waals surface area contributed by atoms with Gasteiger partial charge in [0.25, 0.3) is 0 Å². The number of carbonyl (C=O) groups is 2. The van der Waals surface area contributed by atoms with Gasteiger partial charge in [-0.2, -0.15) is 0 Å². The highest BCUT2D eigenvalue weighted by Gasteiger charge is 2.31. The van der Waals surface area contributed by atoms with Gasteiger partial charge >= 0.3 is 0 Å². The number of nitrogens with one attached hydrogen (secondary N) is 1. The molecule has 2 saturated heterocycles. The van der Waals surface area contributed by atoms with Gasteiger partial charge in [-0.05, 0) is 63.4 Å². The molecule has 0 aromatic carbocycles. The van der Waals surface area contributed by atoms with Gasteiger partial charge < -0.3 is 10.2 Å². The van der Waals surface area contributed by atoms with Gasteiger partial charge in [-0.15, -0.1) is 0 Å². The van der Waals surface area contributed by atoms with Crippen molar-refractivity contribution in [2.45, 2.75) is 51.1 Å². The molecule has 0 radical (unpaired) electrons. The first-order chi connectivity index (χ1) is 14.5. The highest BCUT2D eigenvalue weighted by molar-refractivity contribution is 5.79. The van der Waals surface area contributed by atoms with E-state index in [0.717, 1.165) is 45.6 Å². The van der Waals surface area contributed by atoms with Crippen molar-refractivity contribution < 1.29 is 9.59 Å². The molecule has 7 heteroatoms. The Morgan fingerprint density at radius 1 is 1.20 bits per heavy atom. The van der Waals surface area contributed by atoms with Gasteiger partial charge in [0.15, 0.2) is 0 Å². The molecule has 3 rings (SSSR count). The summed E-state index contributed by atoms with van der Waals surface area (Å²) in [7, 11) is 3.53. The predicted molar refractivity (Wildman–Crippen MR) is 118 cm³/mol. The van der Waals surface area contributed by atoms with Crippen molar-refractivity contribution in [1.29, 1.82) is 0 Å². The molecular weight excluding hydrogens is 378 g/mol. The van der Waals surface area contributed by atoms with Gasteiger partial charge in [-0.25, -0.2) is 0 Å². The topological polar surface area (TPSA) is 68.8 Å². The molecule has 166 valence electrons. The van der Waals surface area contributed by atoms with Crippen LogP contribution in [0.2, 0.25) is 0 Å². The Morgan fingerprint density at radius 3 is 2.70 bits per heavy atom. The van der Waals surface area contributed by atoms with Crippen molar-refractivity contribution in [3.63, 3.8) is 0 Å². The van der Waals surface area contributed by atoms with Crippen LogP contribution in [0.5, 0.6) is 0 Å². The fourth-order valence-corrected chi connectivity index (χ4v) is 4.56. The minimum atomic E-state index is 0.0803. The maximum absolute atomic E-state index is 12.6. The van der Waals surface area contributed by atoms with Crippen LogP contribution in [-0.4, -0.2) is 84.4 Å². The fourth-order valence-electron chi connectivity index (χ4n) is 4.56. The van der Waals surface area contributed by atoms with Crippen LogP contribution < -0.4 is 5.32 Å². The molecule has 2 aliphatic rings. The van der Waals surface area contributed by atoms with E-state index in [-0.39, 0.29) is 17.7 Å². The van der Waals surface area contributed by atoms with E-state index < -0.39 is 0 Å².